The fraction of sp³-hybridized carbons (Fsp3) is 0.240. The smallest absolute Gasteiger partial charge is 0.306 e. The molecule has 5 heteroatoms. The van der Waals surface area contributed by atoms with Crippen molar-refractivity contribution < 1.29 is 24.5 Å². The summed E-state index contributed by atoms with van der Waals surface area (Å²) < 4.78 is 12.1. The zero-order valence-electron chi connectivity index (χ0n) is 16.7. The highest BCUT2D eigenvalue weighted by Crippen LogP contribution is 2.40. The molecule has 0 spiro atoms. The molecule has 0 heterocycles. The Balaban J connectivity index is 2.07. The van der Waals surface area contributed by atoms with Gasteiger partial charge in [0.1, 0.15) is 5.60 Å². The molecular formula is C25H26O5. The minimum absolute atomic E-state index is 0.0466. The van der Waals surface area contributed by atoms with Crippen LogP contribution in [0.3, 0.4) is 0 Å². The van der Waals surface area contributed by atoms with Crippen molar-refractivity contribution in [3.63, 3.8) is 0 Å². The first-order chi connectivity index (χ1) is 14.7. The molecule has 156 valence electrons. The van der Waals surface area contributed by atoms with Gasteiger partial charge in [0.2, 0.25) is 0 Å². The number of aliphatic hydroxyl groups excluding tert-OH is 1. The Labute approximate surface area is 176 Å². The molecule has 2 N–H and O–H groups in total. The summed E-state index contributed by atoms with van der Waals surface area (Å²) in [6, 6.07) is 29.6. The van der Waals surface area contributed by atoms with Crippen LogP contribution in [0.5, 0.6) is 0 Å². The van der Waals surface area contributed by atoms with Crippen molar-refractivity contribution in [2.24, 2.45) is 0 Å². The average Bonchev–Trinajstić information content (AvgIpc) is 2.79. The van der Waals surface area contributed by atoms with Crippen molar-refractivity contribution in [1.82, 2.24) is 0 Å². The molecule has 5 nitrogen and oxygen atoms in total. The van der Waals surface area contributed by atoms with E-state index in [1.165, 1.54) is 0 Å². The standard InChI is InChI=1S/C25H26O5/c26-16-17-29-23(18-24(27)28)19-30-25(20-10-4-1-5-11-20,21-12-6-2-7-13-21)22-14-8-3-9-15-22/h1-15,23,26H,16-19H2,(H,27,28). The maximum atomic E-state index is 11.3. The van der Waals surface area contributed by atoms with E-state index >= 15 is 0 Å². The van der Waals surface area contributed by atoms with E-state index in [1.54, 1.807) is 0 Å². The summed E-state index contributed by atoms with van der Waals surface area (Å²) >= 11 is 0. The number of hydrogen-bond donors (Lipinski definition) is 2. The van der Waals surface area contributed by atoms with Gasteiger partial charge in [-0.15, -0.1) is 0 Å². The van der Waals surface area contributed by atoms with Gasteiger partial charge >= 0.3 is 5.97 Å². The molecule has 0 bridgehead atoms. The normalized spacial score (nSPS) is 12.4. The average molecular weight is 406 g/mol. The third kappa shape index (κ3) is 5.13. The first-order valence-electron chi connectivity index (χ1n) is 9.91. The van der Waals surface area contributed by atoms with Crippen LogP contribution in [0.1, 0.15) is 23.1 Å². The predicted molar refractivity (Wildman–Crippen MR) is 114 cm³/mol. The number of carboxylic acids is 1. The van der Waals surface area contributed by atoms with Crippen molar-refractivity contribution in [3.8, 4) is 0 Å². The lowest BCUT2D eigenvalue weighted by Gasteiger charge is -2.37. The van der Waals surface area contributed by atoms with E-state index in [-0.39, 0.29) is 26.2 Å². The largest absolute Gasteiger partial charge is 0.481 e. The zero-order chi connectivity index (χ0) is 21.2. The van der Waals surface area contributed by atoms with Gasteiger partial charge in [-0.05, 0) is 16.7 Å². The SMILES string of the molecule is O=C(O)CC(COC(c1ccccc1)(c1ccccc1)c1ccccc1)OCCO. The van der Waals surface area contributed by atoms with Crippen LogP contribution < -0.4 is 0 Å². The molecule has 0 saturated heterocycles. The molecule has 0 radical (unpaired) electrons. The van der Waals surface area contributed by atoms with Crippen molar-refractivity contribution in [2.75, 3.05) is 19.8 Å². The Hall–Kier alpha value is -2.99. The van der Waals surface area contributed by atoms with Crippen LogP contribution in [-0.2, 0) is 19.9 Å². The number of aliphatic carboxylic acids is 1. The second-order valence-electron chi connectivity index (χ2n) is 6.90. The summed E-state index contributed by atoms with van der Waals surface area (Å²) in [5.74, 6) is -0.980. The van der Waals surface area contributed by atoms with E-state index in [2.05, 4.69) is 0 Å². The Morgan fingerprint density at radius 1 is 0.800 bits per heavy atom. The van der Waals surface area contributed by atoms with E-state index in [9.17, 15) is 9.90 Å². The van der Waals surface area contributed by atoms with Crippen molar-refractivity contribution in [2.45, 2.75) is 18.1 Å². The lowest BCUT2D eigenvalue weighted by atomic mass is 9.80. The Bertz CT molecular complexity index is 800. The maximum Gasteiger partial charge on any atom is 0.306 e. The summed E-state index contributed by atoms with van der Waals surface area (Å²) in [4.78, 5) is 11.3. The van der Waals surface area contributed by atoms with Gasteiger partial charge in [-0.3, -0.25) is 4.79 Å². The van der Waals surface area contributed by atoms with Gasteiger partial charge in [0.05, 0.1) is 32.3 Å². The summed E-state index contributed by atoms with van der Waals surface area (Å²) in [6.45, 7) is -0.0847. The molecule has 3 rings (SSSR count). The third-order valence-electron chi connectivity index (χ3n) is 4.87. The molecule has 1 atom stereocenters. The monoisotopic (exact) mass is 406 g/mol. The fourth-order valence-electron chi connectivity index (χ4n) is 3.57. The van der Waals surface area contributed by atoms with E-state index < -0.39 is 17.7 Å². The molecule has 0 fully saturated rings. The van der Waals surface area contributed by atoms with Crippen molar-refractivity contribution in [1.29, 1.82) is 0 Å². The molecule has 0 aromatic heterocycles. The first-order valence-corrected chi connectivity index (χ1v) is 9.91. The Kier molecular flexibility index (Phi) is 7.74. The molecular weight excluding hydrogens is 380 g/mol. The van der Waals surface area contributed by atoms with Crippen LogP contribution in [0, 0.1) is 0 Å². The number of aliphatic hydroxyl groups is 1. The lowest BCUT2D eigenvalue weighted by Crippen LogP contribution is -2.37. The van der Waals surface area contributed by atoms with Crippen molar-refractivity contribution in [3.05, 3.63) is 108 Å². The zero-order valence-corrected chi connectivity index (χ0v) is 16.7. The Morgan fingerprint density at radius 2 is 1.23 bits per heavy atom. The highest BCUT2D eigenvalue weighted by atomic mass is 16.5. The molecule has 0 aliphatic rings. The second-order valence-corrected chi connectivity index (χ2v) is 6.90. The minimum Gasteiger partial charge on any atom is -0.481 e. The van der Waals surface area contributed by atoms with E-state index in [4.69, 9.17) is 14.6 Å². The van der Waals surface area contributed by atoms with Gasteiger partial charge in [-0.25, -0.2) is 0 Å². The minimum atomic E-state index is -0.980. The Morgan fingerprint density at radius 3 is 1.60 bits per heavy atom. The molecule has 0 aliphatic carbocycles. The van der Waals surface area contributed by atoms with E-state index in [1.807, 2.05) is 91.0 Å². The fourth-order valence-corrected chi connectivity index (χ4v) is 3.57. The van der Waals surface area contributed by atoms with Gasteiger partial charge in [0.15, 0.2) is 0 Å². The van der Waals surface area contributed by atoms with Crippen LogP contribution in [0.2, 0.25) is 0 Å². The van der Waals surface area contributed by atoms with Crippen LogP contribution in [0.25, 0.3) is 0 Å². The number of hydrogen-bond acceptors (Lipinski definition) is 4. The first kappa shape index (κ1) is 21.7. The molecule has 0 aliphatic heterocycles. The van der Waals surface area contributed by atoms with Gasteiger partial charge in [0.25, 0.3) is 0 Å². The summed E-state index contributed by atoms with van der Waals surface area (Å²) in [6.07, 6.45) is -0.904. The molecule has 0 amide bonds. The predicted octanol–water partition coefficient (Wildman–Crippen LogP) is 3.85. The van der Waals surface area contributed by atoms with E-state index in [0.717, 1.165) is 16.7 Å². The third-order valence-corrected chi connectivity index (χ3v) is 4.87. The number of rotatable bonds is 11. The summed E-state index contributed by atoms with van der Waals surface area (Å²) in [5, 5.41) is 18.4. The second kappa shape index (κ2) is 10.7. The van der Waals surface area contributed by atoms with Crippen LogP contribution in [0.4, 0.5) is 0 Å². The number of carboxylic acid groups (broad SMARTS) is 1. The highest BCUT2D eigenvalue weighted by molar-refractivity contribution is 5.67. The topological polar surface area (TPSA) is 76.0 Å². The van der Waals surface area contributed by atoms with Crippen LogP contribution in [0.15, 0.2) is 91.0 Å². The lowest BCUT2D eigenvalue weighted by molar-refractivity contribution is -0.143. The number of ether oxygens (including phenoxy) is 2. The van der Waals surface area contributed by atoms with Gasteiger partial charge in [-0.1, -0.05) is 91.0 Å². The van der Waals surface area contributed by atoms with Crippen molar-refractivity contribution >= 4 is 5.97 Å². The molecule has 3 aromatic carbocycles. The van der Waals surface area contributed by atoms with Crippen LogP contribution >= 0.6 is 0 Å². The summed E-state index contributed by atoms with van der Waals surface area (Å²) in [7, 11) is 0. The van der Waals surface area contributed by atoms with Gasteiger partial charge in [-0.2, -0.15) is 0 Å². The molecule has 3 aromatic rings. The maximum absolute atomic E-state index is 11.3. The van der Waals surface area contributed by atoms with Gasteiger partial charge in [0, 0.05) is 0 Å². The number of carbonyl (C=O) groups is 1. The highest BCUT2D eigenvalue weighted by Gasteiger charge is 2.38. The summed E-state index contributed by atoms with van der Waals surface area (Å²) in [5.41, 5.74) is 1.85. The molecule has 0 saturated carbocycles. The van der Waals surface area contributed by atoms with Gasteiger partial charge < -0.3 is 19.7 Å². The molecule has 1 unspecified atom stereocenters. The van der Waals surface area contributed by atoms with E-state index in [0.29, 0.717) is 0 Å². The van der Waals surface area contributed by atoms with Crippen LogP contribution in [-0.4, -0.2) is 42.1 Å². The molecule has 30 heavy (non-hydrogen) atoms. The quantitative estimate of drug-likeness (QED) is 0.473. The number of benzene rings is 3.